The van der Waals surface area contributed by atoms with E-state index >= 15 is 0 Å². The first-order valence-electron chi connectivity index (χ1n) is 8.42. The Labute approximate surface area is 152 Å². The SMILES string of the molecule is CCCOc1ccc(NC(=O)c2ccc(OCC)c([N+](=O)[O-])c2)c(C)c1. The summed E-state index contributed by atoms with van der Waals surface area (Å²) >= 11 is 0. The van der Waals surface area contributed by atoms with Crippen LogP contribution in [-0.2, 0) is 0 Å². The zero-order valence-electron chi connectivity index (χ0n) is 15.1. The number of nitro groups is 1. The third-order valence-electron chi connectivity index (χ3n) is 3.64. The van der Waals surface area contributed by atoms with Gasteiger partial charge >= 0.3 is 5.69 Å². The first kappa shape index (κ1) is 19.2. The highest BCUT2D eigenvalue weighted by molar-refractivity contribution is 6.05. The molecule has 0 saturated carbocycles. The van der Waals surface area contributed by atoms with Crippen LogP contribution in [0, 0.1) is 17.0 Å². The Balaban J connectivity index is 2.19. The Morgan fingerprint density at radius 1 is 1.15 bits per heavy atom. The van der Waals surface area contributed by atoms with Crippen molar-refractivity contribution in [1.29, 1.82) is 0 Å². The highest BCUT2D eigenvalue weighted by atomic mass is 16.6. The molecule has 1 N–H and O–H groups in total. The molecule has 0 aliphatic rings. The summed E-state index contributed by atoms with van der Waals surface area (Å²) in [6.45, 7) is 6.55. The number of hydrogen-bond acceptors (Lipinski definition) is 5. The highest BCUT2D eigenvalue weighted by Gasteiger charge is 2.19. The van der Waals surface area contributed by atoms with E-state index in [4.69, 9.17) is 9.47 Å². The van der Waals surface area contributed by atoms with Crippen LogP contribution in [0.4, 0.5) is 11.4 Å². The van der Waals surface area contributed by atoms with Gasteiger partial charge in [0.2, 0.25) is 0 Å². The monoisotopic (exact) mass is 358 g/mol. The van der Waals surface area contributed by atoms with Gasteiger partial charge in [0, 0.05) is 17.3 Å². The number of hydrogen-bond donors (Lipinski definition) is 1. The van der Waals surface area contributed by atoms with Crippen LogP contribution in [0.25, 0.3) is 0 Å². The molecular weight excluding hydrogens is 336 g/mol. The van der Waals surface area contributed by atoms with Crippen molar-refractivity contribution >= 4 is 17.3 Å². The maximum Gasteiger partial charge on any atom is 0.311 e. The smallest absolute Gasteiger partial charge is 0.311 e. The first-order chi connectivity index (χ1) is 12.5. The van der Waals surface area contributed by atoms with Crippen LogP contribution in [0.2, 0.25) is 0 Å². The van der Waals surface area contributed by atoms with Gasteiger partial charge in [-0.25, -0.2) is 0 Å². The normalized spacial score (nSPS) is 10.3. The van der Waals surface area contributed by atoms with Crippen LogP contribution in [0.1, 0.15) is 36.2 Å². The van der Waals surface area contributed by atoms with Crippen molar-refractivity contribution in [3.8, 4) is 11.5 Å². The van der Waals surface area contributed by atoms with E-state index in [1.807, 2.05) is 19.9 Å². The Morgan fingerprint density at radius 3 is 2.54 bits per heavy atom. The molecule has 7 nitrogen and oxygen atoms in total. The van der Waals surface area contributed by atoms with E-state index in [2.05, 4.69) is 5.32 Å². The summed E-state index contributed by atoms with van der Waals surface area (Å²) in [5.74, 6) is 0.447. The molecule has 0 radical (unpaired) electrons. The third-order valence-corrected chi connectivity index (χ3v) is 3.64. The number of aryl methyl sites for hydroxylation is 1. The first-order valence-corrected chi connectivity index (χ1v) is 8.42. The zero-order chi connectivity index (χ0) is 19.1. The van der Waals surface area contributed by atoms with E-state index in [9.17, 15) is 14.9 Å². The Morgan fingerprint density at radius 2 is 1.92 bits per heavy atom. The van der Waals surface area contributed by atoms with Gasteiger partial charge in [0.05, 0.1) is 18.1 Å². The fourth-order valence-corrected chi connectivity index (χ4v) is 2.36. The van der Waals surface area contributed by atoms with Gasteiger partial charge in [0.25, 0.3) is 5.91 Å². The Kier molecular flexibility index (Phi) is 6.54. The van der Waals surface area contributed by atoms with Gasteiger partial charge in [-0.15, -0.1) is 0 Å². The van der Waals surface area contributed by atoms with Gasteiger partial charge in [-0.2, -0.15) is 0 Å². The number of amides is 1. The van der Waals surface area contributed by atoms with Crippen LogP contribution in [-0.4, -0.2) is 24.0 Å². The molecule has 7 heteroatoms. The predicted molar refractivity (Wildman–Crippen MR) is 99.2 cm³/mol. The van der Waals surface area contributed by atoms with Crippen molar-refractivity contribution in [2.24, 2.45) is 0 Å². The van der Waals surface area contributed by atoms with Crippen LogP contribution in [0.3, 0.4) is 0 Å². The fourth-order valence-electron chi connectivity index (χ4n) is 2.36. The summed E-state index contributed by atoms with van der Waals surface area (Å²) in [6, 6.07) is 9.52. The molecule has 0 atom stereocenters. The highest BCUT2D eigenvalue weighted by Crippen LogP contribution is 2.29. The standard InChI is InChI=1S/C19H22N2O5/c1-4-10-26-15-7-8-16(13(3)11-15)20-19(22)14-6-9-18(25-5-2)17(12-14)21(23)24/h6-9,11-12H,4-5,10H2,1-3H3,(H,20,22). The second kappa shape index (κ2) is 8.84. The topological polar surface area (TPSA) is 90.7 Å². The molecule has 0 aliphatic heterocycles. The van der Waals surface area contributed by atoms with E-state index in [0.29, 0.717) is 18.9 Å². The number of ether oxygens (including phenoxy) is 2. The lowest BCUT2D eigenvalue weighted by atomic mass is 10.1. The lowest BCUT2D eigenvalue weighted by Gasteiger charge is -2.11. The number of carbonyl (C=O) groups excluding carboxylic acids is 1. The molecule has 138 valence electrons. The lowest BCUT2D eigenvalue weighted by Crippen LogP contribution is -2.13. The van der Waals surface area contributed by atoms with Crippen LogP contribution >= 0.6 is 0 Å². The molecule has 0 saturated heterocycles. The quantitative estimate of drug-likeness (QED) is 0.560. The van der Waals surface area contributed by atoms with Gasteiger partial charge < -0.3 is 14.8 Å². The summed E-state index contributed by atoms with van der Waals surface area (Å²) < 4.78 is 10.8. The molecule has 0 heterocycles. The summed E-state index contributed by atoms with van der Waals surface area (Å²) in [6.07, 6.45) is 0.911. The number of rotatable bonds is 8. The van der Waals surface area contributed by atoms with E-state index < -0.39 is 10.8 Å². The van der Waals surface area contributed by atoms with Crippen molar-refractivity contribution in [2.75, 3.05) is 18.5 Å². The molecule has 26 heavy (non-hydrogen) atoms. The minimum absolute atomic E-state index is 0.141. The second-order valence-electron chi connectivity index (χ2n) is 5.65. The molecule has 2 aromatic rings. The molecule has 0 spiro atoms. The molecule has 0 unspecified atom stereocenters. The minimum Gasteiger partial charge on any atom is -0.494 e. The maximum atomic E-state index is 12.5. The summed E-state index contributed by atoms with van der Waals surface area (Å²) in [7, 11) is 0. The number of benzene rings is 2. The molecule has 0 aromatic heterocycles. The van der Waals surface area contributed by atoms with Crippen LogP contribution in [0.5, 0.6) is 11.5 Å². The zero-order valence-corrected chi connectivity index (χ0v) is 15.1. The molecular formula is C19H22N2O5. The summed E-state index contributed by atoms with van der Waals surface area (Å²) in [5.41, 5.74) is 1.41. The maximum absolute atomic E-state index is 12.5. The third kappa shape index (κ3) is 4.72. The van der Waals surface area contributed by atoms with Crippen molar-refractivity contribution in [3.05, 3.63) is 57.6 Å². The Bertz CT molecular complexity index is 805. The van der Waals surface area contributed by atoms with E-state index in [-0.39, 0.29) is 17.0 Å². The van der Waals surface area contributed by atoms with E-state index in [1.54, 1.807) is 19.1 Å². The largest absolute Gasteiger partial charge is 0.494 e. The number of anilines is 1. The van der Waals surface area contributed by atoms with E-state index in [1.165, 1.54) is 18.2 Å². The molecule has 2 rings (SSSR count). The van der Waals surface area contributed by atoms with Crippen molar-refractivity contribution in [2.45, 2.75) is 27.2 Å². The van der Waals surface area contributed by atoms with Gasteiger partial charge in [-0.1, -0.05) is 6.92 Å². The van der Waals surface area contributed by atoms with Gasteiger partial charge in [0.15, 0.2) is 5.75 Å². The van der Waals surface area contributed by atoms with E-state index in [0.717, 1.165) is 17.7 Å². The van der Waals surface area contributed by atoms with Crippen molar-refractivity contribution < 1.29 is 19.2 Å². The average molecular weight is 358 g/mol. The molecule has 2 aromatic carbocycles. The molecule has 0 fully saturated rings. The van der Waals surface area contributed by atoms with Gasteiger partial charge in [-0.05, 0) is 56.2 Å². The predicted octanol–water partition coefficient (Wildman–Crippen LogP) is 4.34. The van der Waals surface area contributed by atoms with Crippen LogP contribution in [0.15, 0.2) is 36.4 Å². The molecule has 0 bridgehead atoms. The summed E-state index contributed by atoms with van der Waals surface area (Å²) in [4.78, 5) is 23.1. The second-order valence-corrected chi connectivity index (χ2v) is 5.65. The van der Waals surface area contributed by atoms with Crippen molar-refractivity contribution in [3.63, 3.8) is 0 Å². The minimum atomic E-state index is -0.563. The average Bonchev–Trinajstić information content (AvgIpc) is 2.62. The number of carbonyl (C=O) groups is 1. The molecule has 0 aliphatic carbocycles. The lowest BCUT2D eigenvalue weighted by molar-refractivity contribution is -0.385. The number of nitrogens with zero attached hydrogens (tertiary/aromatic N) is 1. The number of nitrogens with one attached hydrogen (secondary N) is 1. The molecule has 1 amide bonds. The summed E-state index contributed by atoms with van der Waals surface area (Å²) in [5, 5.41) is 14.0. The van der Waals surface area contributed by atoms with Gasteiger partial charge in [-0.3, -0.25) is 14.9 Å². The van der Waals surface area contributed by atoms with Crippen molar-refractivity contribution in [1.82, 2.24) is 0 Å². The van der Waals surface area contributed by atoms with Gasteiger partial charge in [0.1, 0.15) is 5.75 Å². The van der Waals surface area contributed by atoms with Crippen LogP contribution < -0.4 is 14.8 Å². The number of nitro benzene ring substituents is 1. The Hall–Kier alpha value is -3.09. The fraction of sp³-hybridized carbons (Fsp3) is 0.316.